The maximum atomic E-state index is 11.3. The van der Waals surface area contributed by atoms with Crippen molar-refractivity contribution >= 4 is 21.9 Å². The topological polar surface area (TPSA) is 35.5 Å². The van der Waals surface area contributed by atoms with Crippen molar-refractivity contribution in [1.29, 1.82) is 0 Å². The highest BCUT2D eigenvalue weighted by atomic mass is 79.9. The fourth-order valence-electron chi connectivity index (χ4n) is 2.32. The summed E-state index contributed by atoms with van der Waals surface area (Å²) in [6.07, 6.45) is 15.7. The molecule has 0 bridgehead atoms. The summed E-state index contributed by atoms with van der Waals surface area (Å²) in [7, 11) is 0. The molecule has 0 saturated heterocycles. The molecule has 0 N–H and O–H groups in total. The first-order valence-electron chi connectivity index (χ1n) is 7.31. The van der Waals surface area contributed by atoms with Crippen LogP contribution in [0, 0.1) is 12.3 Å². The van der Waals surface area contributed by atoms with E-state index in [1.165, 1.54) is 6.92 Å². The standard InChI is InChI=1S/C17H23BrO3/c1-4-6-7-11-16(20-13(3)19)17-12-9-8-10-14(18)15(5-2)21-17/h1,6-9,14-17H,5,10-12H2,2-3H3/b7-6+,9-8-/t14-,15+,16+,17+/m0/s1. The van der Waals surface area contributed by atoms with E-state index in [9.17, 15) is 4.79 Å². The number of hydrogen-bond acceptors (Lipinski definition) is 3. The molecule has 0 amide bonds. The molecule has 1 heterocycles. The van der Waals surface area contributed by atoms with Gasteiger partial charge in [-0.15, -0.1) is 6.42 Å². The Labute approximate surface area is 135 Å². The molecule has 0 spiro atoms. The smallest absolute Gasteiger partial charge is 0.303 e. The molecule has 0 fully saturated rings. The summed E-state index contributed by atoms with van der Waals surface area (Å²) < 4.78 is 11.6. The largest absolute Gasteiger partial charge is 0.459 e. The van der Waals surface area contributed by atoms with Crippen LogP contribution in [0.15, 0.2) is 24.3 Å². The molecular formula is C17H23BrO3. The van der Waals surface area contributed by atoms with Crippen LogP contribution in [0.3, 0.4) is 0 Å². The summed E-state index contributed by atoms with van der Waals surface area (Å²) in [5, 5.41) is 0. The number of allylic oxidation sites excluding steroid dienone is 2. The first-order valence-corrected chi connectivity index (χ1v) is 8.22. The van der Waals surface area contributed by atoms with Gasteiger partial charge in [-0.3, -0.25) is 4.79 Å². The van der Waals surface area contributed by atoms with Crippen molar-refractivity contribution in [2.24, 2.45) is 0 Å². The van der Waals surface area contributed by atoms with Crippen molar-refractivity contribution < 1.29 is 14.3 Å². The molecule has 1 aliphatic rings. The van der Waals surface area contributed by atoms with Crippen molar-refractivity contribution in [1.82, 2.24) is 0 Å². The lowest BCUT2D eigenvalue weighted by atomic mass is 10.0. The Bertz CT molecular complexity index is 422. The van der Waals surface area contributed by atoms with E-state index >= 15 is 0 Å². The van der Waals surface area contributed by atoms with Crippen LogP contribution in [-0.4, -0.2) is 29.1 Å². The summed E-state index contributed by atoms with van der Waals surface area (Å²) in [6.45, 7) is 3.52. The van der Waals surface area contributed by atoms with Crippen molar-refractivity contribution in [3.63, 3.8) is 0 Å². The summed E-state index contributed by atoms with van der Waals surface area (Å²) in [5.41, 5.74) is 0. The van der Waals surface area contributed by atoms with Gasteiger partial charge in [0.1, 0.15) is 6.10 Å². The zero-order valence-electron chi connectivity index (χ0n) is 12.6. The SMILES string of the molecule is C#C/C=C/C[C@@H](OC(C)=O)[C@H]1C/C=C\C[C@H](Br)[C@@H](CC)O1. The molecule has 4 heteroatoms. The van der Waals surface area contributed by atoms with Gasteiger partial charge in [-0.1, -0.05) is 47.0 Å². The Morgan fingerprint density at radius 1 is 1.57 bits per heavy atom. The first-order chi connectivity index (χ1) is 10.1. The van der Waals surface area contributed by atoms with E-state index in [2.05, 4.69) is 40.9 Å². The van der Waals surface area contributed by atoms with Crippen LogP contribution in [0.5, 0.6) is 0 Å². The van der Waals surface area contributed by atoms with Crippen LogP contribution in [-0.2, 0) is 14.3 Å². The van der Waals surface area contributed by atoms with Gasteiger partial charge in [0.2, 0.25) is 0 Å². The zero-order chi connectivity index (χ0) is 15.7. The second-order valence-electron chi connectivity index (χ2n) is 5.03. The molecule has 0 aromatic heterocycles. The van der Waals surface area contributed by atoms with E-state index in [0.29, 0.717) is 6.42 Å². The van der Waals surface area contributed by atoms with Gasteiger partial charge in [0.15, 0.2) is 0 Å². The van der Waals surface area contributed by atoms with Crippen molar-refractivity contribution in [3.8, 4) is 12.3 Å². The van der Waals surface area contributed by atoms with Gasteiger partial charge in [-0.05, 0) is 25.3 Å². The maximum Gasteiger partial charge on any atom is 0.303 e. The first kappa shape index (κ1) is 18.0. The van der Waals surface area contributed by atoms with Gasteiger partial charge >= 0.3 is 5.97 Å². The number of alkyl halides is 1. The Morgan fingerprint density at radius 2 is 2.29 bits per heavy atom. The molecule has 0 aromatic rings. The van der Waals surface area contributed by atoms with Crippen molar-refractivity contribution in [3.05, 3.63) is 24.3 Å². The van der Waals surface area contributed by atoms with Crippen LogP contribution >= 0.6 is 15.9 Å². The average molecular weight is 355 g/mol. The molecule has 0 radical (unpaired) electrons. The minimum atomic E-state index is -0.316. The van der Waals surface area contributed by atoms with Crippen LogP contribution < -0.4 is 0 Å². The molecule has 21 heavy (non-hydrogen) atoms. The predicted octanol–water partition coefficient (Wildman–Crippen LogP) is 3.77. The number of hydrogen-bond donors (Lipinski definition) is 0. The number of rotatable bonds is 5. The highest BCUT2D eigenvalue weighted by Crippen LogP contribution is 2.25. The van der Waals surface area contributed by atoms with E-state index in [4.69, 9.17) is 15.9 Å². The summed E-state index contributed by atoms with van der Waals surface area (Å²) in [5.74, 6) is 2.15. The quantitative estimate of drug-likeness (QED) is 0.326. The van der Waals surface area contributed by atoms with Gasteiger partial charge in [-0.25, -0.2) is 0 Å². The van der Waals surface area contributed by atoms with E-state index in [0.717, 1.165) is 19.3 Å². The number of terminal acetylenes is 1. The third kappa shape index (κ3) is 6.50. The Morgan fingerprint density at radius 3 is 2.90 bits per heavy atom. The highest BCUT2D eigenvalue weighted by Gasteiger charge is 2.29. The van der Waals surface area contributed by atoms with E-state index in [1.807, 2.05) is 6.08 Å². The minimum Gasteiger partial charge on any atom is -0.459 e. The van der Waals surface area contributed by atoms with Crippen LogP contribution in [0.4, 0.5) is 0 Å². The summed E-state index contributed by atoms with van der Waals surface area (Å²) in [6, 6.07) is 0. The molecule has 116 valence electrons. The molecule has 3 nitrogen and oxygen atoms in total. The Hall–Kier alpha value is -1.05. The van der Waals surface area contributed by atoms with Crippen LogP contribution in [0.2, 0.25) is 0 Å². The van der Waals surface area contributed by atoms with E-state index in [1.54, 1.807) is 6.08 Å². The fourth-order valence-corrected chi connectivity index (χ4v) is 3.04. The molecule has 4 atom stereocenters. The molecule has 0 aromatic carbocycles. The zero-order valence-corrected chi connectivity index (χ0v) is 14.2. The van der Waals surface area contributed by atoms with Gasteiger partial charge in [0, 0.05) is 18.2 Å². The summed E-state index contributed by atoms with van der Waals surface area (Å²) >= 11 is 3.67. The molecule has 0 unspecified atom stereocenters. The lowest BCUT2D eigenvalue weighted by Gasteiger charge is -2.32. The third-order valence-corrected chi connectivity index (χ3v) is 4.33. The Kier molecular flexibility index (Phi) is 8.41. The fraction of sp³-hybridized carbons (Fsp3) is 0.588. The van der Waals surface area contributed by atoms with Crippen molar-refractivity contribution in [2.45, 2.75) is 62.7 Å². The number of carbonyl (C=O) groups excluding carboxylic acids is 1. The van der Waals surface area contributed by atoms with Gasteiger partial charge < -0.3 is 9.47 Å². The third-order valence-electron chi connectivity index (χ3n) is 3.37. The number of halogens is 1. The average Bonchev–Trinajstić information content (AvgIpc) is 2.43. The van der Waals surface area contributed by atoms with Crippen LogP contribution in [0.25, 0.3) is 0 Å². The number of ether oxygens (including phenoxy) is 2. The highest BCUT2D eigenvalue weighted by molar-refractivity contribution is 9.09. The second-order valence-corrected chi connectivity index (χ2v) is 6.21. The summed E-state index contributed by atoms with van der Waals surface area (Å²) in [4.78, 5) is 11.6. The normalized spacial score (nSPS) is 29.1. The minimum absolute atomic E-state index is 0.106. The van der Waals surface area contributed by atoms with Crippen LogP contribution in [0.1, 0.15) is 39.5 Å². The van der Waals surface area contributed by atoms with Gasteiger partial charge in [-0.2, -0.15) is 0 Å². The van der Waals surface area contributed by atoms with E-state index in [-0.39, 0.29) is 29.1 Å². The molecule has 1 aliphatic heterocycles. The molecule has 0 aliphatic carbocycles. The monoisotopic (exact) mass is 354 g/mol. The maximum absolute atomic E-state index is 11.3. The lowest BCUT2D eigenvalue weighted by molar-refractivity contribution is -0.158. The Balaban J connectivity index is 2.83. The van der Waals surface area contributed by atoms with E-state index < -0.39 is 0 Å². The van der Waals surface area contributed by atoms with Crippen molar-refractivity contribution in [2.75, 3.05) is 0 Å². The number of esters is 1. The second kappa shape index (κ2) is 9.81. The molecule has 1 rings (SSSR count). The van der Waals surface area contributed by atoms with Gasteiger partial charge in [0.05, 0.1) is 12.2 Å². The predicted molar refractivity (Wildman–Crippen MR) is 88.2 cm³/mol. The number of carbonyl (C=O) groups is 1. The molecule has 0 saturated carbocycles. The lowest BCUT2D eigenvalue weighted by Crippen LogP contribution is -2.38. The molecular weight excluding hydrogens is 332 g/mol. The van der Waals surface area contributed by atoms with Gasteiger partial charge in [0.25, 0.3) is 0 Å².